The molecule has 2 aromatic rings. The van der Waals surface area contributed by atoms with Crippen molar-refractivity contribution in [1.82, 2.24) is 0 Å². The molecule has 0 spiro atoms. The monoisotopic (exact) mass is 338 g/mol. The fourth-order valence-corrected chi connectivity index (χ4v) is 2.24. The molecule has 2 rings (SSSR count). The van der Waals surface area contributed by atoms with Crippen LogP contribution in [0, 0.1) is 12.8 Å². The van der Waals surface area contributed by atoms with Crippen LogP contribution in [0.3, 0.4) is 0 Å². The molecule has 2 N–H and O–H groups in total. The molecule has 130 valence electrons. The second-order valence-corrected chi connectivity index (χ2v) is 6.37. The fraction of sp³-hybridized carbons (Fsp3) is 0.250. The Morgan fingerprint density at radius 2 is 1.36 bits per heavy atom. The van der Waals surface area contributed by atoms with Crippen molar-refractivity contribution < 1.29 is 14.4 Å². The molecule has 0 aliphatic carbocycles. The molecule has 0 saturated carbocycles. The van der Waals surface area contributed by atoms with Crippen molar-refractivity contribution in [3.63, 3.8) is 0 Å². The molecule has 0 saturated heterocycles. The molecular formula is C20H22N2O3. The zero-order valence-corrected chi connectivity index (χ0v) is 14.6. The Kier molecular flexibility index (Phi) is 6.06. The Balaban J connectivity index is 1.96. The third kappa shape index (κ3) is 5.57. The summed E-state index contributed by atoms with van der Waals surface area (Å²) in [6.45, 7) is 5.86. The molecule has 0 heterocycles. The Bertz CT molecular complexity index is 763. The predicted molar refractivity (Wildman–Crippen MR) is 98.7 cm³/mol. The minimum atomic E-state index is -0.694. The SMILES string of the molecule is Cc1ccc(C(=O)C(=O)Nc2ccc(NC(=O)CC(C)C)cc2)cc1. The van der Waals surface area contributed by atoms with E-state index in [0.717, 1.165) is 5.56 Å². The number of ketones is 1. The van der Waals surface area contributed by atoms with Crippen LogP contribution in [0.2, 0.25) is 0 Å². The number of anilines is 2. The van der Waals surface area contributed by atoms with Crippen LogP contribution in [-0.4, -0.2) is 17.6 Å². The Labute approximate surface area is 147 Å². The van der Waals surface area contributed by atoms with E-state index < -0.39 is 11.7 Å². The number of carbonyl (C=O) groups excluding carboxylic acids is 3. The van der Waals surface area contributed by atoms with Crippen molar-refractivity contribution >= 4 is 29.0 Å². The van der Waals surface area contributed by atoms with Crippen LogP contribution >= 0.6 is 0 Å². The summed E-state index contributed by atoms with van der Waals surface area (Å²) >= 11 is 0. The minimum Gasteiger partial charge on any atom is -0.326 e. The van der Waals surface area contributed by atoms with Gasteiger partial charge in [0.15, 0.2) is 0 Å². The maximum absolute atomic E-state index is 12.1. The van der Waals surface area contributed by atoms with E-state index in [0.29, 0.717) is 23.4 Å². The zero-order valence-electron chi connectivity index (χ0n) is 14.6. The average Bonchev–Trinajstić information content (AvgIpc) is 2.56. The lowest BCUT2D eigenvalue weighted by molar-refractivity contribution is -0.117. The molecule has 2 amide bonds. The van der Waals surface area contributed by atoms with Crippen LogP contribution in [0.25, 0.3) is 0 Å². The molecule has 0 atom stereocenters. The molecule has 0 unspecified atom stereocenters. The lowest BCUT2D eigenvalue weighted by Crippen LogP contribution is -2.22. The molecule has 0 bridgehead atoms. The standard InChI is InChI=1S/C20H22N2O3/c1-13(2)12-18(23)21-16-8-10-17(11-9-16)22-20(25)19(24)15-6-4-14(3)5-7-15/h4-11,13H,12H2,1-3H3,(H,21,23)(H,22,25). The van der Waals surface area contributed by atoms with Crippen LogP contribution < -0.4 is 10.6 Å². The Morgan fingerprint density at radius 3 is 1.88 bits per heavy atom. The van der Waals surface area contributed by atoms with Gasteiger partial charge in [-0.05, 0) is 37.1 Å². The average molecular weight is 338 g/mol. The number of benzene rings is 2. The largest absolute Gasteiger partial charge is 0.326 e. The highest BCUT2D eigenvalue weighted by molar-refractivity contribution is 6.46. The van der Waals surface area contributed by atoms with Gasteiger partial charge in [-0.15, -0.1) is 0 Å². The van der Waals surface area contributed by atoms with E-state index in [1.807, 2.05) is 20.8 Å². The predicted octanol–water partition coefficient (Wildman–Crippen LogP) is 3.80. The van der Waals surface area contributed by atoms with Crippen LogP contribution in [-0.2, 0) is 9.59 Å². The second-order valence-electron chi connectivity index (χ2n) is 6.37. The summed E-state index contributed by atoms with van der Waals surface area (Å²) in [5.74, 6) is -1.05. The number of carbonyl (C=O) groups is 3. The smallest absolute Gasteiger partial charge is 0.296 e. The van der Waals surface area contributed by atoms with Crippen molar-refractivity contribution in [3.8, 4) is 0 Å². The van der Waals surface area contributed by atoms with Gasteiger partial charge < -0.3 is 10.6 Å². The number of Topliss-reactive ketones (excluding diaryl/α,β-unsaturated/α-hetero) is 1. The maximum Gasteiger partial charge on any atom is 0.296 e. The summed E-state index contributed by atoms with van der Waals surface area (Å²) < 4.78 is 0. The van der Waals surface area contributed by atoms with Gasteiger partial charge in [0.1, 0.15) is 0 Å². The molecule has 0 radical (unpaired) electrons. The summed E-state index contributed by atoms with van der Waals surface area (Å²) in [5.41, 5.74) is 2.51. The lowest BCUT2D eigenvalue weighted by Gasteiger charge is -2.09. The highest BCUT2D eigenvalue weighted by atomic mass is 16.2. The van der Waals surface area contributed by atoms with Gasteiger partial charge in [0, 0.05) is 23.4 Å². The van der Waals surface area contributed by atoms with Crippen LogP contribution in [0.4, 0.5) is 11.4 Å². The number of hydrogen-bond donors (Lipinski definition) is 2. The first-order valence-corrected chi connectivity index (χ1v) is 8.17. The zero-order chi connectivity index (χ0) is 18.4. The van der Waals surface area contributed by atoms with Gasteiger partial charge in [-0.25, -0.2) is 0 Å². The van der Waals surface area contributed by atoms with E-state index >= 15 is 0 Å². The summed E-state index contributed by atoms with van der Waals surface area (Å²) in [6, 6.07) is 13.5. The highest BCUT2D eigenvalue weighted by Crippen LogP contribution is 2.15. The van der Waals surface area contributed by atoms with E-state index in [-0.39, 0.29) is 11.8 Å². The molecule has 5 nitrogen and oxygen atoms in total. The van der Waals surface area contributed by atoms with Crippen molar-refractivity contribution in [3.05, 3.63) is 59.7 Å². The van der Waals surface area contributed by atoms with Crippen LogP contribution in [0.15, 0.2) is 48.5 Å². The van der Waals surface area contributed by atoms with Gasteiger partial charge in [0.25, 0.3) is 11.7 Å². The van der Waals surface area contributed by atoms with E-state index in [1.165, 1.54) is 0 Å². The first-order chi connectivity index (χ1) is 11.8. The van der Waals surface area contributed by atoms with E-state index in [4.69, 9.17) is 0 Å². The maximum atomic E-state index is 12.1. The third-order valence-electron chi connectivity index (χ3n) is 3.54. The molecule has 2 aromatic carbocycles. The van der Waals surface area contributed by atoms with Crippen LogP contribution in [0.1, 0.15) is 36.2 Å². The van der Waals surface area contributed by atoms with Gasteiger partial charge >= 0.3 is 0 Å². The van der Waals surface area contributed by atoms with Crippen LogP contribution in [0.5, 0.6) is 0 Å². The van der Waals surface area contributed by atoms with E-state index in [2.05, 4.69) is 10.6 Å². The van der Waals surface area contributed by atoms with Crippen molar-refractivity contribution in [2.75, 3.05) is 10.6 Å². The topological polar surface area (TPSA) is 75.3 Å². The first-order valence-electron chi connectivity index (χ1n) is 8.17. The molecule has 0 aromatic heterocycles. The van der Waals surface area contributed by atoms with Gasteiger partial charge in [-0.3, -0.25) is 14.4 Å². The molecule has 0 aliphatic rings. The Morgan fingerprint density at radius 1 is 0.840 bits per heavy atom. The fourth-order valence-electron chi connectivity index (χ4n) is 2.24. The normalized spacial score (nSPS) is 10.4. The van der Waals surface area contributed by atoms with Crippen molar-refractivity contribution in [2.45, 2.75) is 27.2 Å². The summed E-state index contributed by atoms with van der Waals surface area (Å²) in [4.78, 5) is 35.9. The minimum absolute atomic E-state index is 0.0543. The molecule has 0 aliphatic heterocycles. The number of aryl methyl sites for hydroxylation is 1. The molecule has 25 heavy (non-hydrogen) atoms. The van der Waals surface area contributed by atoms with Gasteiger partial charge in [-0.1, -0.05) is 43.7 Å². The summed E-state index contributed by atoms with van der Waals surface area (Å²) in [5, 5.41) is 5.36. The number of rotatable bonds is 6. The second kappa shape index (κ2) is 8.24. The van der Waals surface area contributed by atoms with Crippen molar-refractivity contribution in [1.29, 1.82) is 0 Å². The number of amides is 2. The lowest BCUT2D eigenvalue weighted by atomic mass is 10.1. The Hall–Kier alpha value is -2.95. The third-order valence-corrected chi connectivity index (χ3v) is 3.54. The number of nitrogens with one attached hydrogen (secondary N) is 2. The van der Waals surface area contributed by atoms with Gasteiger partial charge in [-0.2, -0.15) is 0 Å². The van der Waals surface area contributed by atoms with Gasteiger partial charge in [0.2, 0.25) is 5.91 Å². The summed E-state index contributed by atoms with van der Waals surface area (Å²) in [6.07, 6.45) is 0.448. The molecule has 5 heteroatoms. The number of hydrogen-bond acceptors (Lipinski definition) is 3. The molecular weight excluding hydrogens is 316 g/mol. The summed E-state index contributed by atoms with van der Waals surface area (Å²) in [7, 11) is 0. The quantitative estimate of drug-likeness (QED) is 0.621. The van der Waals surface area contributed by atoms with Gasteiger partial charge in [0.05, 0.1) is 0 Å². The first kappa shape index (κ1) is 18.4. The highest BCUT2D eigenvalue weighted by Gasteiger charge is 2.16. The molecule has 0 fully saturated rings. The van der Waals surface area contributed by atoms with E-state index in [9.17, 15) is 14.4 Å². The van der Waals surface area contributed by atoms with E-state index in [1.54, 1.807) is 48.5 Å². The van der Waals surface area contributed by atoms with Crippen molar-refractivity contribution in [2.24, 2.45) is 5.92 Å².